The molecule has 2 aromatic rings. The lowest BCUT2D eigenvalue weighted by Crippen LogP contribution is -2.13. The SMILES string of the molecule is CCNCc1cc([N+](=O)[O-])ccc1-c1cc(CC(=O)OCC)ccc1OC. The van der Waals surface area contributed by atoms with E-state index in [0.717, 1.165) is 28.8 Å². The third-order valence-corrected chi connectivity index (χ3v) is 4.07. The van der Waals surface area contributed by atoms with Crippen LogP contribution in [0, 0.1) is 10.1 Å². The number of nitro benzene ring substituents is 1. The van der Waals surface area contributed by atoms with Crippen LogP contribution >= 0.6 is 0 Å². The summed E-state index contributed by atoms with van der Waals surface area (Å²) < 4.78 is 10.5. The van der Waals surface area contributed by atoms with Gasteiger partial charge in [-0.05, 0) is 48.4 Å². The predicted octanol–water partition coefficient (Wildman–Crippen LogP) is 3.49. The van der Waals surface area contributed by atoms with Crippen LogP contribution in [0.2, 0.25) is 0 Å². The zero-order valence-corrected chi connectivity index (χ0v) is 15.8. The fourth-order valence-corrected chi connectivity index (χ4v) is 2.82. The summed E-state index contributed by atoms with van der Waals surface area (Å²) in [5.41, 5.74) is 3.22. The minimum atomic E-state index is -0.409. The molecule has 2 rings (SSSR count). The Balaban J connectivity index is 2.50. The smallest absolute Gasteiger partial charge is 0.310 e. The van der Waals surface area contributed by atoms with Crippen molar-refractivity contribution in [3.8, 4) is 16.9 Å². The maximum absolute atomic E-state index is 11.8. The van der Waals surface area contributed by atoms with Gasteiger partial charge < -0.3 is 14.8 Å². The number of ether oxygens (including phenoxy) is 2. The summed E-state index contributed by atoms with van der Waals surface area (Å²) in [5, 5.41) is 14.3. The van der Waals surface area contributed by atoms with Gasteiger partial charge in [-0.3, -0.25) is 14.9 Å². The van der Waals surface area contributed by atoms with E-state index in [1.807, 2.05) is 19.1 Å². The fraction of sp³-hybridized carbons (Fsp3) is 0.350. The Morgan fingerprint density at radius 1 is 1.15 bits per heavy atom. The van der Waals surface area contributed by atoms with Crippen molar-refractivity contribution in [2.24, 2.45) is 0 Å². The number of carbonyl (C=O) groups excluding carboxylic acids is 1. The second-order valence-corrected chi connectivity index (χ2v) is 5.90. The van der Waals surface area contributed by atoms with Crippen LogP contribution in [0.4, 0.5) is 5.69 Å². The maximum Gasteiger partial charge on any atom is 0.310 e. The van der Waals surface area contributed by atoms with Gasteiger partial charge in [-0.25, -0.2) is 0 Å². The first-order valence-corrected chi connectivity index (χ1v) is 8.81. The van der Waals surface area contributed by atoms with E-state index >= 15 is 0 Å². The molecule has 0 amide bonds. The van der Waals surface area contributed by atoms with Crippen LogP contribution < -0.4 is 10.1 Å². The van der Waals surface area contributed by atoms with Gasteiger partial charge in [0.25, 0.3) is 5.69 Å². The summed E-state index contributed by atoms with van der Waals surface area (Å²) in [6, 6.07) is 10.2. The molecule has 0 saturated carbocycles. The molecule has 2 aromatic carbocycles. The number of hydrogen-bond donors (Lipinski definition) is 1. The maximum atomic E-state index is 11.8. The van der Waals surface area contributed by atoms with Crippen molar-refractivity contribution >= 4 is 11.7 Å². The van der Waals surface area contributed by atoms with Gasteiger partial charge in [0.2, 0.25) is 0 Å². The van der Waals surface area contributed by atoms with E-state index in [1.54, 1.807) is 32.2 Å². The van der Waals surface area contributed by atoms with Crippen molar-refractivity contribution < 1.29 is 19.2 Å². The van der Waals surface area contributed by atoms with Gasteiger partial charge >= 0.3 is 5.97 Å². The number of nitrogens with zero attached hydrogens (tertiary/aromatic N) is 1. The first-order valence-electron chi connectivity index (χ1n) is 8.81. The molecule has 0 radical (unpaired) electrons. The van der Waals surface area contributed by atoms with E-state index in [4.69, 9.17) is 9.47 Å². The Bertz CT molecular complexity index is 820. The number of carbonyl (C=O) groups is 1. The summed E-state index contributed by atoms with van der Waals surface area (Å²) in [6.45, 7) is 5.29. The molecule has 0 fully saturated rings. The lowest BCUT2D eigenvalue weighted by molar-refractivity contribution is -0.384. The van der Waals surface area contributed by atoms with Crippen LogP contribution in [0.15, 0.2) is 36.4 Å². The molecule has 1 N–H and O–H groups in total. The molecule has 0 aliphatic carbocycles. The molecule has 0 bridgehead atoms. The van der Waals surface area contributed by atoms with E-state index < -0.39 is 4.92 Å². The molecule has 7 nitrogen and oxygen atoms in total. The van der Waals surface area contributed by atoms with Crippen LogP contribution in [-0.2, 0) is 22.5 Å². The highest BCUT2D eigenvalue weighted by molar-refractivity contribution is 5.78. The Morgan fingerprint density at radius 3 is 2.56 bits per heavy atom. The Labute approximate surface area is 158 Å². The third-order valence-electron chi connectivity index (χ3n) is 4.07. The summed E-state index contributed by atoms with van der Waals surface area (Å²) in [6.07, 6.45) is 0.153. The average Bonchev–Trinajstić information content (AvgIpc) is 2.66. The molecule has 0 aliphatic rings. The van der Waals surface area contributed by atoms with Crippen LogP contribution in [0.5, 0.6) is 5.75 Å². The Hall–Kier alpha value is -2.93. The lowest BCUT2D eigenvalue weighted by Gasteiger charge is -2.15. The summed E-state index contributed by atoms with van der Waals surface area (Å²) >= 11 is 0. The topological polar surface area (TPSA) is 90.7 Å². The van der Waals surface area contributed by atoms with E-state index in [1.165, 1.54) is 6.07 Å². The highest BCUT2D eigenvalue weighted by Gasteiger charge is 2.16. The number of esters is 1. The zero-order valence-electron chi connectivity index (χ0n) is 15.8. The van der Waals surface area contributed by atoms with Gasteiger partial charge in [-0.2, -0.15) is 0 Å². The van der Waals surface area contributed by atoms with Crippen molar-refractivity contribution in [1.29, 1.82) is 0 Å². The number of benzene rings is 2. The van der Waals surface area contributed by atoms with Gasteiger partial charge in [0, 0.05) is 24.2 Å². The van der Waals surface area contributed by atoms with Gasteiger partial charge in [-0.1, -0.05) is 13.0 Å². The largest absolute Gasteiger partial charge is 0.496 e. The molecule has 27 heavy (non-hydrogen) atoms. The molecule has 0 unspecified atom stereocenters. The number of hydrogen-bond acceptors (Lipinski definition) is 6. The van der Waals surface area contributed by atoms with Crippen molar-refractivity contribution in [3.05, 3.63) is 57.6 Å². The number of methoxy groups -OCH3 is 1. The van der Waals surface area contributed by atoms with Crippen LogP contribution in [0.25, 0.3) is 11.1 Å². The summed E-state index contributed by atoms with van der Waals surface area (Å²) in [5.74, 6) is 0.333. The predicted molar refractivity (Wildman–Crippen MR) is 103 cm³/mol. The quantitative estimate of drug-likeness (QED) is 0.412. The van der Waals surface area contributed by atoms with E-state index in [0.29, 0.717) is 18.9 Å². The molecule has 0 aromatic heterocycles. The summed E-state index contributed by atoms with van der Waals surface area (Å²) in [4.78, 5) is 22.5. The van der Waals surface area contributed by atoms with E-state index in [-0.39, 0.29) is 18.1 Å². The molecule has 0 saturated heterocycles. The van der Waals surface area contributed by atoms with Crippen molar-refractivity contribution in [2.45, 2.75) is 26.8 Å². The minimum absolute atomic E-state index is 0.0355. The first kappa shape index (κ1) is 20.4. The van der Waals surface area contributed by atoms with Gasteiger partial charge in [0.1, 0.15) is 5.75 Å². The highest BCUT2D eigenvalue weighted by Crippen LogP contribution is 2.35. The number of nitro groups is 1. The van der Waals surface area contributed by atoms with Crippen molar-refractivity contribution in [2.75, 3.05) is 20.3 Å². The van der Waals surface area contributed by atoms with Gasteiger partial charge in [0.15, 0.2) is 0 Å². The fourth-order valence-electron chi connectivity index (χ4n) is 2.82. The lowest BCUT2D eigenvalue weighted by atomic mass is 9.95. The zero-order chi connectivity index (χ0) is 19.8. The van der Waals surface area contributed by atoms with Crippen molar-refractivity contribution in [1.82, 2.24) is 5.32 Å². The number of nitrogens with one attached hydrogen (secondary N) is 1. The molecule has 144 valence electrons. The molecule has 0 heterocycles. The normalized spacial score (nSPS) is 10.5. The van der Waals surface area contributed by atoms with E-state index in [2.05, 4.69) is 5.32 Å². The Kier molecular flexibility index (Phi) is 7.31. The van der Waals surface area contributed by atoms with Gasteiger partial charge in [-0.15, -0.1) is 0 Å². The average molecular weight is 372 g/mol. The summed E-state index contributed by atoms with van der Waals surface area (Å²) in [7, 11) is 1.57. The van der Waals surface area contributed by atoms with Crippen LogP contribution in [-0.4, -0.2) is 31.2 Å². The standard InChI is InChI=1S/C20H24N2O5/c1-4-21-13-15-12-16(22(24)25)7-8-17(15)18-10-14(6-9-19(18)26-3)11-20(23)27-5-2/h6-10,12,21H,4-5,11,13H2,1-3H3. The monoisotopic (exact) mass is 372 g/mol. The molecule has 7 heteroatoms. The van der Waals surface area contributed by atoms with Gasteiger partial charge in [0.05, 0.1) is 25.1 Å². The molecule has 0 atom stereocenters. The second kappa shape index (κ2) is 9.68. The number of rotatable bonds is 9. The second-order valence-electron chi connectivity index (χ2n) is 5.90. The minimum Gasteiger partial charge on any atom is -0.496 e. The highest BCUT2D eigenvalue weighted by atomic mass is 16.6. The molecule has 0 spiro atoms. The first-order chi connectivity index (χ1) is 13.0. The number of non-ortho nitro benzene ring substituents is 1. The molecular formula is C20H24N2O5. The van der Waals surface area contributed by atoms with Crippen LogP contribution in [0.1, 0.15) is 25.0 Å². The van der Waals surface area contributed by atoms with Crippen LogP contribution in [0.3, 0.4) is 0 Å². The molecular weight excluding hydrogens is 348 g/mol. The Morgan fingerprint density at radius 2 is 1.93 bits per heavy atom. The molecule has 0 aliphatic heterocycles. The third kappa shape index (κ3) is 5.27. The van der Waals surface area contributed by atoms with Crippen molar-refractivity contribution in [3.63, 3.8) is 0 Å². The van der Waals surface area contributed by atoms with E-state index in [9.17, 15) is 14.9 Å².